The van der Waals surface area contributed by atoms with Gasteiger partial charge in [-0.2, -0.15) is 0 Å². The van der Waals surface area contributed by atoms with Crippen molar-refractivity contribution >= 4 is 44.4 Å². The van der Waals surface area contributed by atoms with Crippen molar-refractivity contribution in [2.75, 3.05) is 0 Å². The Morgan fingerprint density at radius 2 is 1.29 bits per heavy atom. The van der Waals surface area contributed by atoms with Crippen LogP contribution in [0.2, 0.25) is 0 Å². The molecule has 0 fully saturated rings. The van der Waals surface area contributed by atoms with Crippen LogP contribution in [0, 0.1) is 0 Å². The van der Waals surface area contributed by atoms with Gasteiger partial charge >= 0.3 is 0 Å². The van der Waals surface area contributed by atoms with Gasteiger partial charge in [0.25, 0.3) is 0 Å². The second kappa shape index (κ2) is 9.35. The fraction of sp³-hybridized carbons (Fsp3) is 0.0476. The molecule has 2 aliphatic rings. The minimum Gasteiger partial charge on any atom is -0.309 e. The number of hydrogen-bond donors (Lipinski definition) is 0. The maximum Gasteiger partial charge on any atom is 0.160 e. The standard InChI is InChI=1S/C42H27N3/c1-2-10-27(11-3-1)41-34-15-6-7-18-35(34)43-42(44-41)28-20-23-29(24-21-28)45-36-19-9-17-33-31-14-5-4-13-30(31)32-16-8-12-26-22-25-37(45)40(38(26)32)39(33)36/h1-7,9-15,17-25H,8,16H2. The van der Waals surface area contributed by atoms with Gasteiger partial charge in [-0.15, -0.1) is 0 Å². The Morgan fingerprint density at radius 3 is 2.18 bits per heavy atom. The highest BCUT2D eigenvalue weighted by Gasteiger charge is 2.24. The summed E-state index contributed by atoms with van der Waals surface area (Å²) in [4.78, 5) is 10.1. The van der Waals surface area contributed by atoms with Crippen LogP contribution in [0.1, 0.15) is 18.4 Å². The Hall–Kier alpha value is -5.80. The Morgan fingerprint density at radius 1 is 0.533 bits per heavy atom. The van der Waals surface area contributed by atoms with E-state index in [1.54, 1.807) is 0 Å². The molecule has 0 amide bonds. The third kappa shape index (κ3) is 3.52. The molecule has 3 heteroatoms. The van der Waals surface area contributed by atoms with Crippen LogP contribution in [0.15, 0.2) is 133 Å². The first-order valence-corrected chi connectivity index (χ1v) is 15.7. The molecule has 3 nitrogen and oxygen atoms in total. The SMILES string of the molecule is C1=c2ccc3c4c2=C(CC1)c1ccccc1-c1cccc(c14)n3-c1ccc(-c2nc(-c3ccccc3)c3ccccc3n2)cc1. The summed E-state index contributed by atoms with van der Waals surface area (Å²) in [6, 6.07) is 47.8. The topological polar surface area (TPSA) is 30.7 Å². The third-order valence-corrected chi connectivity index (χ3v) is 9.63. The minimum absolute atomic E-state index is 0.735. The van der Waals surface area contributed by atoms with E-state index < -0.39 is 0 Å². The summed E-state index contributed by atoms with van der Waals surface area (Å²) in [7, 11) is 0. The number of para-hydroxylation sites is 1. The molecule has 8 aromatic rings. The van der Waals surface area contributed by atoms with Gasteiger partial charge in [0.1, 0.15) is 0 Å². The number of hydrogen-bond acceptors (Lipinski definition) is 2. The predicted octanol–water partition coefficient (Wildman–Crippen LogP) is 8.81. The highest BCUT2D eigenvalue weighted by Crippen LogP contribution is 2.42. The van der Waals surface area contributed by atoms with Gasteiger partial charge in [0.05, 0.1) is 22.2 Å². The van der Waals surface area contributed by atoms with Crippen LogP contribution in [-0.4, -0.2) is 14.5 Å². The van der Waals surface area contributed by atoms with Gasteiger partial charge in [-0.3, -0.25) is 0 Å². The molecule has 10 rings (SSSR count). The third-order valence-electron chi connectivity index (χ3n) is 9.63. The van der Waals surface area contributed by atoms with Crippen molar-refractivity contribution in [3.8, 4) is 39.5 Å². The van der Waals surface area contributed by atoms with Crippen LogP contribution >= 0.6 is 0 Å². The molecular formula is C42H27N3. The molecule has 6 aromatic carbocycles. The van der Waals surface area contributed by atoms with Crippen LogP contribution < -0.4 is 10.4 Å². The van der Waals surface area contributed by atoms with Crippen molar-refractivity contribution in [2.24, 2.45) is 0 Å². The minimum atomic E-state index is 0.735. The summed E-state index contributed by atoms with van der Waals surface area (Å²) in [5, 5.41) is 6.54. The van der Waals surface area contributed by atoms with E-state index in [1.807, 2.05) is 12.1 Å². The lowest BCUT2D eigenvalue weighted by atomic mass is 9.90. The van der Waals surface area contributed by atoms with Gasteiger partial charge < -0.3 is 4.57 Å². The first-order chi connectivity index (χ1) is 22.3. The zero-order valence-corrected chi connectivity index (χ0v) is 24.5. The molecule has 0 spiro atoms. The normalized spacial score (nSPS) is 13.3. The van der Waals surface area contributed by atoms with E-state index in [-0.39, 0.29) is 0 Å². The number of benzene rings is 6. The number of aromatic nitrogens is 3. The van der Waals surface area contributed by atoms with Crippen LogP contribution in [0.3, 0.4) is 0 Å². The summed E-state index contributed by atoms with van der Waals surface area (Å²) in [6.07, 6.45) is 4.56. The van der Waals surface area contributed by atoms with Crippen molar-refractivity contribution in [2.45, 2.75) is 12.8 Å². The van der Waals surface area contributed by atoms with Gasteiger partial charge in [-0.05, 0) is 88.0 Å². The molecule has 0 aliphatic heterocycles. The van der Waals surface area contributed by atoms with E-state index >= 15 is 0 Å². The molecule has 0 unspecified atom stereocenters. The van der Waals surface area contributed by atoms with E-state index in [0.29, 0.717) is 0 Å². The first kappa shape index (κ1) is 24.6. The Kier molecular flexibility index (Phi) is 5.11. The van der Waals surface area contributed by atoms with Gasteiger partial charge in [0, 0.05) is 33.0 Å². The summed E-state index contributed by atoms with van der Waals surface area (Å²) < 4.78 is 2.44. The molecule has 2 heterocycles. The van der Waals surface area contributed by atoms with Crippen molar-refractivity contribution < 1.29 is 0 Å². The molecule has 0 radical (unpaired) electrons. The van der Waals surface area contributed by atoms with Crippen molar-refractivity contribution in [3.05, 3.63) is 149 Å². The zero-order chi connectivity index (χ0) is 29.5. The Bertz CT molecular complexity index is 2630. The predicted molar refractivity (Wildman–Crippen MR) is 186 cm³/mol. The van der Waals surface area contributed by atoms with E-state index in [0.717, 1.165) is 52.1 Å². The molecule has 45 heavy (non-hydrogen) atoms. The van der Waals surface area contributed by atoms with Gasteiger partial charge in [0.15, 0.2) is 5.82 Å². The number of rotatable bonds is 3. The number of fused-ring (bicyclic) bond motifs is 4. The second-order valence-electron chi connectivity index (χ2n) is 12.1. The van der Waals surface area contributed by atoms with Gasteiger partial charge in [-0.1, -0.05) is 97.1 Å². The van der Waals surface area contributed by atoms with Crippen LogP contribution in [0.25, 0.3) is 83.8 Å². The van der Waals surface area contributed by atoms with Crippen LogP contribution in [0.5, 0.6) is 0 Å². The maximum atomic E-state index is 5.11. The van der Waals surface area contributed by atoms with E-state index in [4.69, 9.17) is 9.97 Å². The summed E-state index contributed by atoms with van der Waals surface area (Å²) >= 11 is 0. The highest BCUT2D eigenvalue weighted by atomic mass is 15.0. The molecule has 2 aliphatic carbocycles. The molecule has 0 N–H and O–H groups in total. The molecule has 0 atom stereocenters. The smallest absolute Gasteiger partial charge is 0.160 e. The average molecular weight is 574 g/mol. The van der Waals surface area contributed by atoms with E-state index in [2.05, 4.69) is 132 Å². The van der Waals surface area contributed by atoms with Crippen molar-refractivity contribution in [1.29, 1.82) is 0 Å². The Labute approximate surface area is 260 Å². The Balaban J connectivity index is 1.20. The quantitative estimate of drug-likeness (QED) is 0.211. The van der Waals surface area contributed by atoms with Gasteiger partial charge in [-0.25, -0.2) is 9.97 Å². The van der Waals surface area contributed by atoms with Crippen molar-refractivity contribution in [1.82, 2.24) is 14.5 Å². The molecule has 0 saturated carbocycles. The summed E-state index contributed by atoms with van der Waals surface area (Å²) in [5.41, 5.74) is 13.1. The van der Waals surface area contributed by atoms with Gasteiger partial charge in [0.2, 0.25) is 0 Å². The number of nitrogens with zero attached hydrogens (tertiary/aromatic N) is 3. The van der Waals surface area contributed by atoms with Crippen LogP contribution in [-0.2, 0) is 0 Å². The lowest BCUT2D eigenvalue weighted by Gasteiger charge is -2.16. The summed E-state index contributed by atoms with van der Waals surface area (Å²) in [6.45, 7) is 0. The summed E-state index contributed by atoms with van der Waals surface area (Å²) in [5.74, 6) is 0.735. The monoisotopic (exact) mass is 573 g/mol. The lowest BCUT2D eigenvalue weighted by Crippen LogP contribution is -2.30. The maximum absolute atomic E-state index is 5.11. The fourth-order valence-electron chi connectivity index (χ4n) is 7.69. The van der Waals surface area contributed by atoms with Crippen molar-refractivity contribution in [3.63, 3.8) is 0 Å². The molecular weight excluding hydrogens is 546 g/mol. The largest absolute Gasteiger partial charge is 0.309 e. The molecule has 210 valence electrons. The molecule has 0 bridgehead atoms. The second-order valence-corrected chi connectivity index (χ2v) is 12.1. The first-order valence-electron chi connectivity index (χ1n) is 15.7. The van der Waals surface area contributed by atoms with E-state index in [9.17, 15) is 0 Å². The fourth-order valence-corrected chi connectivity index (χ4v) is 7.69. The molecule has 2 aromatic heterocycles. The lowest BCUT2D eigenvalue weighted by molar-refractivity contribution is 1.08. The highest BCUT2D eigenvalue weighted by molar-refractivity contribution is 6.18. The molecule has 0 saturated heterocycles. The van der Waals surface area contributed by atoms with E-state index in [1.165, 1.54) is 54.5 Å². The average Bonchev–Trinajstić information content (AvgIpc) is 3.39. The van der Waals surface area contributed by atoms with Crippen LogP contribution in [0.4, 0.5) is 0 Å². The zero-order valence-electron chi connectivity index (χ0n) is 24.5.